The minimum Gasteiger partial charge on any atom is -0.495 e. The molecular formula is C17H22N4O2. The number of methoxy groups -OCH3 is 1. The van der Waals surface area contributed by atoms with Crippen LogP contribution in [-0.4, -0.2) is 29.0 Å². The second-order valence-electron chi connectivity index (χ2n) is 5.38. The highest BCUT2D eigenvalue weighted by Gasteiger charge is 2.13. The SMILES string of the molecule is CCC(C)Nc1nccc(C(=O)Nc2cc(C)ccc2OC)n1. The van der Waals surface area contributed by atoms with Crippen molar-refractivity contribution < 1.29 is 9.53 Å². The Morgan fingerprint density at radius 3 is 2.83 bits per heavy atom. The summed E-state index contributed by atoms with van der Waals surface area (Å²) in [6, 6.07) is 7.43. The van der Waals surface area contributed by atoms with Gasteiger partial charge in [-0.05, 0) is 44.0 Å². The third-order valence-corrected chi connectivity index (χ3v) is 3.48. The molecule has 1 aromatic heterocycles. The molecule has 1 aromatic carbocycles. The van der Waals surface area contributed by atoms with E-state index < -0.39 is 0 Å². The van der Waals surface area contributed by atoms with E-state index in [4.69, 9.17) is 4.74 Å². The zero-order valence-corrected chi connectivity index (χ0v) is 13.9. The van der Waals surface area contributed by atoms with Gasteiger partial charge in [-0.3, -0.25) is 4.79 Å². The number of aromatic nitrogens is 2. The number of anilines is 2. The van der Waals surface area contributed by atoms with Gasteiger partial charge in [-0.25, -0.2) is 9.97 Å². The second kappa shape index (κ2) is 7.58. The van der Waals surface area contributed by atoms with Crippen molar-refractivity contribution in [2.45, 2.75) is 33.2 Å². The number of nitrogens with one attached hydrogen (secondary N) is 2. The molecule has 1 unspecified atom stereocenters. The second-order valence-corrected chi connectivity index (χ2v) is 5.38. The van der Waals surface area contributed by atoms with Gasteiger partial charge in [0.1, 0.15) is 11.4 Å². The van der Waals surface area contributed by atoms with E-state index in [1.165, 1.54) is 0 Å². The lowest BCUT2D eigenvalue weighted by atomic mass is 10.2. The highest BCUT2D eigenvalue weighted by Crippen LogP contribution is 2.25. The predicted octanol–water partition coefficient (Wildman–Crippen LogP) is 3.26. The monoisotopic (exact) mass is 314 g/mol. The van der Waals surface area contributed by atoms with Gasteiger partial charge in [0.05, 0.1) is 12.8 Å². The van der Waals surface area contributed by atoms with Crippen LogP contribution in [0.5, 0.6) is 5.75 Å². The largest absolute Gasteiger partial charge is 0.495 e. The Labute approximate surface area is 136 Å². The Hall–Kier alpha value is -2.63. The molecule has 0 aliphatic carbocycles. The maximum Gasteiger partial charge on any atom is 0.274 e. The number of rotatable bonds is 6. The molecule has 0 radical (unpaired) electrons. The van der Waals surface area contributed by atoms with Crippen molar-refractivity contribution >= 4 is 17.5 Å². The molecule has 1 atom stereocenters. The molecule has 122 valence electrons. The molecule has 0 aliphatic heterocycles. The van der Waals surface area contributed by atoms with Gasteiger partial charge in [-0.15, -0.1) is 0 Å². The normalized spacial score (nSPS) is 11.7. The number of hydrogen-bond acceptors (Lipinski definition) is 5. The molecule has 0 aliphatic rings. The van der Waals surface area contributed by atoms with Crippen LogP contribution < -0.4 is 15.4 Å². The smallest absolute Gasteiger partial charge is 0.274 e. The van der Waals surface area contributed by atoms with E-state index in [0.29, 0.717) is 23.1 Å². The van der Waals surface area contributed by atoms with Crippen LogP contribution in [0.1, 0.15) is 36.3 Å². The van der Waals surface area contributed by atoms with Crippen molar-refractivity contribution in [3.05, 3.63) is 41.7 Å². The topological polar surface area (TPSA) is 76.1 Å². The number of aryl methyl sites for hydroxylation is 1. The van der Waals surface area contributed by atoms with Gasteiger partial charge >= 0.3 is 0 Å². The van der Waals surface area contributed by atoms with Crippen molar-refractivity contribution in [2.75, 3.05) is 17.7 Å². The summed E-state index contributed by atoms with van der Waals surface area (Å²) < 4.78 is 5.27. The molecule has 2 N–H and O–H groups in total. The van der Waals surface area contributed by atoms with Gasteiger partial charge in [0, 0.05) is 12.2 Å². The van der Waals surface area contributed by atoms with Gasteiger partial charge in [0.2, 0.25) is 5.95 Å². The predicted molar refractivity (Wildman–Crippen MR) is 91.1 cm³/mol. The van der Waals surface area contributed by atoms with E-state index in [9.17, 15) is 4.79 Å². The van der Waals surface area contributed by atoms with Gasteiger partial charge in [0.15, 0.2) is 0 Å². The Morgan fingerprint density at radius 2 is 2.13 bits per heavy atom. The number of amides is 1. The maximum atomic E-state index is 12.4. The number of ether oxygens (including phenoxy) is 1. The van der Waals surface area contributed by atoms with Crippen molar-refractivity contribution in [3.8, 4) is 5.75 Å². The van der Waals surface area contributed by atoms with Gasteiger partial charge < -0.3 is 15.4 Å². The van der Waals surface area contributed by atoms with Crippen LogP contribution in [-0.2, 0) is 0 Å². The van der Waals surface area contributed by atoms with E-state index in [1.807, 2.05) is 32.0 Å². The van der Waals surface area contributed by atoms with E-state index in [1.54, 1.807) is 19.4 Å². The molecule has 0 spiro atoms. The Bertz CT molecular complexity index is 688. The quantitative estimate of drug-likeness (QED) is 0.856. The number of carbonyl (C=O) groups is 1. The molecular weight excluding hydrogens is 292 g/mol. The first-order chi connectivity index (χ1) is 11.0. The molecule has 6 nitrogen and oxygen atoms in total. The van der Waals surface area contributed by atoms with E-state index in [0.717, 1.165) is 12.0 Å². The van der Waals surface area contributed by atoms with Crippen LogP contribution in [0.25, 0.3) is 0 Å². The molecule has 0 bridgehead atoms. The summed E-state index contributed by atoms with van der Waals surface area (Å²) in [5.74, 6) is 0.752. The molecule has 2 rings (SSSR count). The van der Waals surface area contributed by atoms with Crippen molar-refractivity contribution in [1.29, 1.82) is 0 Å². The van der Waals surface area contributed by atoms with Crippen molar-refractivity contribution in [3.63, 3.8) is 0 Å². The average Bonchev–Trinajstić information content (AvgIpc) is 2.55. The lowest BCUT2D eigenvalue weighted by molar-refractivity contribution is 0.102. The first-order valence-corrected chi connectivity index (χ1v) is 7.59. The van der Waals surface area contributed by atoms with Crippen LogP contribution in [0.3, 0.4) is 0 Å². The summed E-state index contributed by atoms with van der Waals surface area (Å²) in [5.41, 5.74) is 1.95. The number of nitrogens with zero attached hydrogens (tertiary/aromatic N) is 2. The fourth-order valence-electron chi connectivity index (χ4n) is 1.98. The van der Waals surface area contributed by atoms with E-state index >= 15 is 0 Å². The minimum absolute atomic E-state index is 0.241. The zero-order chi connectivity index (χ0) is 16.8. The van der Waals surface area contributed by atoms with Crippen molar-refractivity contribution in [1.82, 2.24) is 9.97 Å². The van der Waals surface area contributed by atoms with Crippen LogP contribution in [0.2, 0.25) is 0 Å². The van der Waals surface area contributed by atoms with Gasteiger partial charge in [-0.2, -0.15) is 0 Å². The van der Waals surface area contributed by atoms with E-state index in [2.05, 4.69) is 27.5 Å². The van der Waals surface area contributed by atoms with Gasteiger partial charge in [0.25, 0.3) is 5.91 Å². The van der Waals surface area contributed by atoms with Crippen LogP contribution in [0, 0.1) is 6.92 Å². The molecule has 2 aromatic rings. The van der Waals surface area contributed by atoms with Crippen LogP contribution in [0.4, 0.5) is 11.6 Å². The molecule has 23 heavy (non-hydrogen) atoms. The Balaban J connectivity index is 2.18. The summed E-state index contributed by atoms with van der Waals surface area (Å²) in [4.78, 5) is 20.8. The number of carbonyl (C=O) groups excluding carboxylic acids is 1. The van der Waals surface area contributed by atoms with Crippen LogP contribution >= 0.6 is 0 Å². The Kier molecular flexibility index (Phi) is 5.51. The molecule has 0 saturated heterocycles. The average molecular weight is 314 g/mol. The summed E-state index contributed by atoms with van der Waals surface area (Å²) >= 11 is 0. The molecule has 1 amide bonds. The Morgan fingerprint density at radius 1 is 1.35 bits per heavy atom. The first-order valence-electron chi connectivity index (χ1n) is 7.59. The lowest BCUT2D eigenvalue weighted by Gasteiger charge is -2.13. The summed E-state index contributed by atoms with van der Waals surface area (Å²) in [6.45, 7) is 6.06. The third-order valence-electron chi connectivity index (χ3n) is 3.48. The summed E-state index contributed by atoms with van der Waals surface area (Å²) in [7, 11) is 1.57. The van der Waals surface area contributed by atoms with Crippen molar-refractivity contribution in [2.24, 2.45) is 0 Å². The van der Waals surface area contributed by atoms with Gasteiger partial charge in [-0.1, -0.05) is 13.0 Å². The molecule has 0 fully saturated rings. The molecule has 1 heterocycles. The van der Waals surface area contributed by atoms with Crippen LogP contribution in [0.15, 0.2) is 30.5 Å². The molecule has 0 saturated carbocycles. The zero-order valence-electron chi connectivity index (χ0n) is 13.9. The summed E-state index contributed by atoms with van der Waals surface area (Å²) in [5, 5.41) is 5.99. The standard InChI is InChI=1S/C17H22N4O2/c1-5-12(3)19-17-18-9-8-13(21-17)16(22)20-14-10-11(2)6-7-15(14)23-4/h6-10,12H,5H2,1-4H3,(H,20,22)(H,18,19,21). The first kappa shape index (κ1) is 16.7. The number of hydrogen-bond donors (Lipinski definition) is 2. The highest BCUT2D eigenvalue weighted by molar-refractivity contribution is 6.03. The highest BCUT2D eigenvalue weighted by atomic mass is 16.5. The summed E-state index contributed by atoms with van der Waals surface area (Å²) in [6.07, 6.45) is 2.51. The number of benzene rings is 1. The molecule has 6 heteroatoms. The minimum atomic E-state index is -0.302. The maximum absolute atomic E-state index is 12.4. The third kappa shape index (κ3) is 4.42. The fraction of sp³-hybridized carbons (Fsp3) is 0.353. The fourth-order valence-corrected chi connectivity index (χ4v) is 1.98. The van der Waals surface area contributed by atoms with E-state index in [-0.39, 0.29) is 11.9 Å². The lowest BCUT2D eigenvalue weighted by Crippen LogP contribution is -2.19.